The molecule has 4 nitrogen and oxygen atoms in total. The number of hydrogen-bond donors (Lipinski definition) is 1. The standard InChI is InChI=1S/C12H21N3OS/c1-14-7-3-9(4-8-14)15(2)11(16)12(5-6-12)10(13)17/h9H,3-8H2,1-2H3,(H2,13,17). The molecule has 1 saturated heterocycles. The van der Waals surface area contributed by atoms with Gasteiger partial charge in [-0.3, -0.25) is 4.79 Å². The topological polar surface area (TPSA) is 49.6 Å². The van der Waals surface area contributed by atoms with Crippen LogP contribution >= 0.6 is 12.2 Å². The molecule has 0 atom stereocenters. The van der Waals surface area contributed by atoms with E-state index in [1.54, 1.807) is 0 Å². The van der Waals surface area contributed by atoms with Crippen LogP contribution in [0, 0.1) is 5.41 Å². The molecule has 1 aliphatic heterocycles. The van der Waals surface area contributed by atoms with E-state index in [2.05, 4.69) is 11.9 Å². The highest BCUT2D eigenvalue weighted by atomic mass is 32.1. The van der Waals surface area contributed by atoms with Crippen molar-refractivity contribution < 1.29 is 4.79 Å². The van der Waals surface area contributed by atoms with E-state index in [9.17, 15) is 4.79 Å². The fourth-order valence-electron chi connectivity index (χ4n) is 2.58. The minimum Gasteiger partial charge on any atom is -0.392 e. The Bertz CT molecular complexity index is 333. The average molecular weight is 255 g/mol. The fraction of sp³-hybridized carbons (Fsp3) is 0.833. The van der Waals surface area contributed by atoms with E-state index in [1.165, 1.54) is 0 Å². The van der Waals surface area contributed by atoms with Gasteiger partial charge < -0.3 is 15.5 Å². The maximum absolute atomic E-state index is 12.4. The molecule has 0 radical (unpaired) electrons. The zero-order valence-corrected chi connectivity index (χ0v) is 11.4. The van der Waals surface area contributed by atoms with Crippen molar-refractivity contribution in [2.45, 2.75) is 31.7 Å². The highest BCUT2D eigenvalue weighted by Crippen LogP contribution is 2.47. The zero-order chi connectivity index (χ0) is 12.6. The molecule has 96 valence electrons. The Morgan fingerprint density at radius 1 is 1.41 bits per heavy atom. The maximum Gasteiger partial charge on any atom is 0.235 e. The summed E-state index contributed by atoms with van der Waals surface area (Å²) in [7, 11) is 4.02. The van der Waals surface area contributed by atoms with Crippen LogP contribution < -0.4 is 5.73 Å². The lowest BCUT2D eigenvalue weighted by molar-refractivity contribution is -0.136. The number of piperidine rings is 1. The largest absolute Gasteiger partial charge is 0.392 e. The van der Waals surface area contributed by atoms with Gasteiger partial charge in [0.15, 0.2) is 0 Å². The Morgan fingerprint density at radius 2 is 1.94 bits per heavy atom. The van der Waals surface area contributed by atoms with Crippen LogP contribution in [0.3, 0.4) is 0 Å². The van der Waals surface area contributed by atoms with E-state index in [0.717, 1.165) is 38.8 Å². The number of carbonyl (C=O) groups excluding carboxylic acids is 1. The van der Waals surface area contributed by atoms with E-state index in [-0.39, 0.29) is 5.91 Å². The van der Waals surface area contributed by atoms with Gasteiger partial charge in [-0.1, -0.05) is 12.2 Å². The lowest BCUT2D eigenvalue weighted by atomic mass is 10.00. The van der Waals surface area contributed by atoms with Crippen LogP contribution in [-0.4, -0.2) is 53.9 Å². The number of amides is 1. The molecule has 1 saturated carbocycles. The van der Waals surface area contributed by atoms with Crippen molar-refractivity contribution >= 4 is 23.1 Å². The van der Waals surface area contributed by atoms with Crippen LogP contribution in [0.25, 0.3) is 0 Å². The summed E-state index contributed by atoms with van der Waals surface area (Å²) in [6.45, 7) is 2.12. The second kappa shape index (κ2) is 4.53. The number of thiocarbonyl (C=S) groups is 1. The lowest BCUT2D eigenvalue weighted by Crippen LogP contribution is -2.49. The third-order valence-electron chi connectivity index (χ3n) is 4.19. The van der Waals surface area contributed by atoms with Crippen molar-refractivity contribution in [1.29, 1.82) is 0 Å². The Balaban J connectivity index is 1.98. The van der Waals surface area contributed by atoms with Gasteiger partial charge in [0.1, 0.15) is 0 Å². The minimum absolute atomic E-state index is 0.138. The molecule has 1 amide bonds. The van der Waals surface area contributed by atoms with E-state index >= 15 is 0 Å². The monoisotopic (exact) mass is 255 g/mol. The molecule has 2 N–H and O–H groups in total. The van der Waals surface area contributed by atoms with Crippen molar-refractivity contribution in [2.75, 3.05) is 27.2 Å². The van der Waals surface area contributed by atoms with Crippen LogP contribution in [-0.2, 0) is 4.79 Å². The van der Waals surface area contributed by atoms with Crippen molar-refractivity contribution in [3.8, 4) is 0 Å². The number of hydrogen-bond acceptors (Lipinski definition) is 3. The summed E-state index contributed by atoms with van der Waals surface area (Å²) in [6.07, 6.45) is 3.76. The van der Waals surface area contributed by atoms with Crippen LogP contribution in [0.5, 0.6) is 0 Å². The molecule has 2 aliphatic rings. The predicted octanol–water partition coefficient (Wildman–Crippen LogP) is 0.605. The Labute approximate surface area is 108 Å². The summed E-state index contributed by atoms with van der Waals surface area (Å²) in [5.41, 5.74) is 5.21. The van der Waals surface area contributed by atoms with Crippen LogP contribution in [0.2, 0.25) is 0 Å². The molecule has 0 bridgehead atoms. The number of likely N-dealkylation sites (tertiary alicyclic amines) is 1. The second-order valence-corrected chi connectivity index (χ2v) is 5.84. The van der Waals surface area contributed by atoms with Gasteiger partial charge in [0, 0.05) is 13.1 Å². The molecule has 0 aromatic rings. The molecular formula is C12H21N3OS. The van der Waals surface area contributed by atoms with Crippen LogP contribution in [0.15, 0.2) is 0 Å². The van der Waals surface area contributed by atoms with Crippen molar-refractivity contribution in [3.05, 3.63) is 0 Å². The van der Waals surface area contributed by atoms with Crippen LogP contribution in [0.1, 0.15) is 25.7 Å². The second-order valence-electron chi connectivity index (χ2n) is 5.40. The minimum atomic E-state index is -0.493. The molecule has 1 aliphatic carbocycles. The van der Waals surface area contributed by atoms with Gasteiger partial charge in [-0.2, -0.15) is 0 Å². The van der Waals surface area contributed by atoms with Gasteiger partial charge in [-0.05, 0) is 45.8 Å². The Kier molecular flexibility index (Phi) is 3.41. The summed E-state index contributed by atoms with van der Waals surface area (Å²) < 4.78 is 0. The van der Waals surface area contributed by atoms with E-state index in [1.807, 2.05) is 11.9 Å². The van der Waals surface area contributed by atoms with Crippen LogP contribution in [0.4, 0.5) is 0 Å². The quantitative estimate of drug-likeness (QED) is 0.751. The number of rotatable bonds is 3. The molecule has 2 rings (SSSR count). The SMILES string of the molecule is CN1CCC(N(C)C(=O)C2(C(N)=S)CC2)CC1. The summed E-state index contributed by atoms with van der Waals surface area (Å²) in [5, 5.41) is 0. The molecule has 0 spiro atoms. The molecule has 0 aromatic carbocycles. The van der Waals surface area contributed by atoms with Gasteiger partial charge in [0.05, 0.1) is 10.4 Å². The number of nitrogens with two attached hydrogens (primary N) is 1. The first kappa shape index (κ1) is 12.8. The average Bonchev–Trinajstić information content (AvgIpc) is 3.09. The zero-order valence-electron chi connectivity index (χ0n) is 10.6. The highest BCUT2D eigenvalue weighted by Gasteiger charge is 2.54. The molecule has 17 heavy (non-hydrogen) atoms. The van der Waals surface area contributed by atoms with Gasteiger partial charge >= 0.3 is 0 Å². The first-order valence-corrected chi connectivity index (χ1v) is 6.64. The molecule has 2 fully saturated rings. The fourth-order valence-corrected chi connectivity index (χ4v) is 2.87. The van der Waals surface area contributed by atoms with Gasteiger partial charge in [0.2, 0.25) is 5.91 Å². The third kappa shape index (κ3) is 2.31. The summed E-state index contributed by atoms with van der Waals surface area (Å²) in [5.74, 6) is 0.138. The number of nitrogens with zero attached hydrogens (tertiary/aromatic N) is 2. The Morgan fingerprint density at radius 3 is 2.35 bits per heavy atom. The first-order chi connectivity index (χ1) is 7.97. The molecular weight excluding hydrogens is 234 g/mol. The van der Waals surface area contributed by atoms with E-state index in [0.29, 0.717) is 11.0 Å². The highest BCUT2D eigenvalue weighted by molar-refractivity contribution is 7.80. The molecule has 1 heterocycles. The number of carbonyl (C=O) groups is 1. The molecule has 0 aromatic heterocycles. The predicted molar refractivity (Wildman–Crippen MR) is 71.7 cm³/mol. The van der Waals surface area contributed by atoms with Gasteiger partial charge in [-0.25, -0.2) is 0 Å². The van der Waals surface area contributed by atoms with E-state index < -0.39 is 5.41 Å². The summed E-state index contributed by atoms with van der Waals surface area (Å²) in [4.78, 5) is 17.0. The first-order valence-electron chi connectivity index (χ1n) is 6.23. The molecule has 0 unspecified atom stereocenters. The van der Waals surface area contributed by atoms with Gasteiger partial charge in [0.25, 0.3) is 0 Å². The van der Waals surface area contributed by atoms with Gasteiger partial charge in [-0.15, -0.1) is 0 Å². The van der Waals surface area contributed by atoms with Crippen molar-refractivity contribution in [3.63, 3.8) is 0 Å². The molecule has 5 heteroatoms. The normalized spacial score (nSPS) is 24.4. The Hall–Kier alpha value is -0.680. The van der Waals surface area contributed by atoms with Crippen molar-refractivity contribution in [2.24, 2.45) is 11.1 Å². The summed E-state index contributed by atoms with van der Waals surface area (Å²) >= 11 is 5.03. The maximum atomic E-state index is 12.4. The lowest BCUT2D eigenvalue weighted by Gasteiger charge is -2.36. The smallest absolute Gasteiger partial charge is 0.235 e. The summed E-state index contributed by atoms with van der Waals surface area (Å²) in [6, 6.07) is 0.352. The van der Waals surface area contributed by atoms with Crippen molar-refractivity contribution in [1.82, 2.24) is 9.80 Å². The third-order valence-corrected chi connectivity index (χ3v) is 4.58. The van der Waals surface area contributed by atoms with E-state index in [4.69, 9.17) is 18.0 Å².